The van der Waals surface area contributed by atoms with Crippen molar-refractivity contribution in [2.75, 3.05) is 26.2 Å². The second kappa shape index (κ2) is 12.3. The fourth-order valence-corrected chi connectivity index (χ4v) is 3.14. The van der Waals surface area contributed by atoms with E-state index in [-0.39, 0.29) is 26.1 Å². The van der Waals surface area contributed by atoms with Gasteiger partial charge in [-0.1, -0.05) is 43.9 Å². The summed E-state index contributed by atoms with van der Waals surface area (Å²) in [4.78, 5) is 36.8. The molecule has 0 spiro atoms. The number of Topliss-reactive ketones (excluding diaryl/α,β-unsaturated/α-hetero) is 3. The van der Waals surface area contributed by atoms with Gasteiger partial charge in [0, 0.05) is 0 Å². The van der Waals surface area contributed by atoms with Crippen molar-refractivity contribution in [3.63, 3.8) is 0 Å². The Hall–Kier alpha value is -2.09. The van der Waals surface area contributed by atoms with Crippen molar-refractivity contribution in [1.82, 2.24) is 0 Å². The standard InChI is InChI=1S/C20H31N3O4/c21-13-17(24)20(18(25)14-22,19(26)15-23)11-7-2-1-3-8-12-27-16-9-5-4-6-10-16/h4-6,9-10H,1-3,7-8,11-15,21-23H2. The molecule has 1 aromatic carbocycles. The normalized spacial score (nSPS) is 11.2. The highest BCUT2D eigenvalue weighted by Gasteiger charge is 2.48. The van der Waals surface area contributed by atoms with Gasteiger partial charge in [0.2, 0.25) is 0 Å². The van der Waals surface area contributed by atoms with E-state index in [1.807, 2.05) is 30.3 Å². The summed E-state index contributed by atoms with van der Waals surface area (Å²) in [6, 6.07) is 9.62. The Morgan fingerprint density at radius 1 is 0.741 bits per heavy atom. The van der Waals surface area contributed by atoms with Crippen LogP contribution < -0.4 is 21.9 Å². The summed E-state index contributed by atoms with van der Waals surface area (Å²) in [7, 11) is 0. The van der Waals surface area contributed by atoms with Crippen molar-refractivity contribution in [3.8, 4) is 5.75 Å². The Balaban J connectivity index is 2.41. The number of carbonyl (C=O) groups excluding carboxylic acids is 3. The number of nitrogens with two attached hydrogens (primary N) is 3. The lowest BCUT2D eigenvalue weighted by molar-refractivity contribution is -0.148. The third-order valence-electron chi connectivity index (χ3n) is 4.69. The molecule has 27 heavy (non-hydrogen) atoms. The van der Waals surface area contributed by atoms with E-state index in [2.05, 4.69) is 0 Å². The summed E-state index contributed by atoms with van der Waals surface area (Å²) in [5, 5.41) is 0. The van der Waals surface area contributed by atoms with E-state index >= 15 is 0 Å². The number of hydrogen-bond donors (Lipinski definition) is 3. The van der Waals surface area contributed by atoms with Gasteiger partial charge in [0.1, 0.15) is 11.2 Å². The van der Waals surface area contributed by atoms with Crippen LogP contribution in [0, 0.1) is 5.41 Å². The van der Waals surface area contributed by atoms with Crippen molar-refractivity contribution in [2.45, 2.75) is 38.5 Å². The minimum Gasteiger partial charge on any atom is -0.494 e. The van der Waals surface area contributed by atoms with Crippen LogP contribution in [-0.2, 0) is 14.4 Å². The quantitative estimate of drug-likeness (QED) is 0.306. The maximum absolute atomic E-state index is 12.3. The van der Waals surface area contributed by atoms with Gasteiger partial charge < -0.3 is 21.9 Å². The first-order chi connectivity index (χ1) is 13.0. The molecule has 0 unspecified atom stereocenters. The molecule has 7 nitrogen and oxygen atoms in total. The molecule has 0 aliphatic heterocycles. The van der Waals surface area contributed by atoms with Gasteiger partial charge in [-0.15, -0.1) is 0 Å². The van der Waals surface area contributed by atoms with Crippen molar-refractivity contribution in [3.05, 3.63) is 30.3 Å². The smallest absolute Gasteiger partial charge is 0.167 e. The number of unbranched alkanes of at least 4 members (excludes halogenated alkanes) is 4. The number of benzene rings is 1. The molecule has 0 saturated heterocycles. The van der Waals surface area contributed by atoms with Crippen LogP contribution in [0.2, 0.25) is 0 Å². The molecule has 1 rings (SSSR count). The topological polar surface area (TPSA) is 139 Å². The fraction of sp³-hybridized carbons (Fsp3) is 0.550. The van der Waals surface area contributed by atoms with E-state index in [0.29, 0.717) is 13.0 Å². The third kappa shape index (κ3) is 6.53. The monoisotopic (exact) mass is 377 g/mol. The van der Waals surface area contributed by atoms with Crippen LogP contribution in [-0.4, -0.2) is 43.6 Å². The summed E-state index contributed by atoms with van der Waals surface area (Å²) in [5.41, 5.74) is 14.5. The van der Waals surface area contributed by atoms with Gasteiger partial charge in [0.25, 0.3) is 0 Å². The Kier molecular flexibility index (Phi) is 10.5. The minimum atomic E-state index is -1.77. The number of carbonyl (C=O) groups is 3. The van der Waals surface area contributed by atoms with Crippen LogP contribution in [0.25, 0.3) is 0 Å². The van der Waals surface area contributed by atoms with Gasteiger partial charge in [-0.05, 0) is 25.0 Å². The van der Waals surface area contributed by atoms with Crippen molar-refractivity contribution >= 4 is 17.3 Å². The molecule has 0 aliphatic rings. The molecule has 0 fully saturated rings. The SMILES string of the molecule is NCC(=O)C(CCCCCCCOc1ccccc1)(C(=O)CN)C(=O)CN. The Morgan fingerprint density at radius 3 is 1.74 bits per heavy atom. The Bertz CT molecular complexity index is 564. The molecule has 0 amide bonds. The average Bonchev–Trinajstić information content (AvgIpc) is 2.72. The summed E-state index contributed by atoms with van der Waals surface area (Å²) in [6.07, 6.45) is 4.25. The highest BCUT2D eigenvalue weighted by molar-refractivity contribution is 6.25. The largest absolute Gasteiger partial charge is 0.494 e. The van der Waals surface area contributed by atoms with E-state index in [1.54, 1.807) is 0 Å². The van der Waals surface area contributed by atoms with Crippen LogP contribution >= 0.6 is 0 Å². The molecule has 7 heteroatoms. The maximum Gasteiger partial charge on any atom is 0.167 e. The molecular formula is C20H31N3O4. The molecule has 0 aromatic heterocycles. The lowest BCUT2D eigenvalue weighted by Crippen LogP contribution is -2.53. The molecule has 0 radical (unpaired) electrons. The lowest BCUT2D eigenvalue weighted by atomic mass is 9.71. The predicted molar refractivity (Wildman–Crippen MR) is 104 cm³/mol. The predicted octanol–water partition coefficient (Wildman–Crippen LogP) is 0.976. The highest BCUT2D eigenvalue weighted by atomic mass is 16.5. The van der Waals surface area contributed by atoms with Crippen LogP contribution in [0.4, 0.5) is 0 Å². The van der Waals surface area contributed by atoms with Crippen LogP contribution in [0.1, 0.15) is 38.5 Å². The highest BCUT2D eigenvalue weighted by Crippen LogP contribution is 2.29. The fourth-order valence-electron chi connectivity index (χ4n) is 3.14. The van der Waals surface area contributed by atoms with Gasteiger partial charge in [0.05, 0.1) is 26.2 Å². The summed E-state index contributed by atoms with van der Waals surface area (Å²) < 4.78 is 5.63. The number of hydrogen-bond acceptors (Lipinski definition) is 7. The average molecular weight is 377 g/mol. The molecule has 6 N–H and O–H groups in total. The first-order valence-corrected chi connectivity index (χ1v) is 9.40. The van der Waals surface area contributed by atoms with E-state index in [9.17, 15) is 14.4 Å². The molecule has 0 saturated carbocycles. The summed E-state index contributed by atoms with van der Waals surface area (Å²) in [6.45, 7) is -0.506. The number of ketones is 3. The molecule has 0 atom stereocenters. The zero-order valence-electron chi connectivity index (χ0n) is 15.8. The lowest BCUT2D eigenvalue weighted by Gasteiger charge is -2.28. The van der Waals surface area contributed by atoms with Crippen LogP contribution in [0.15, 0.2) is 30.3 Å². The molecular weight excluding hydrogens is 346 g/mol. The minimum absolute atomic E-state index is 0.121. The molecule has 0 heterocycles. The number of rotatable bonds is 15. The van der Waals surface area contributed by atoms with Gasteiger partial charge in [-0.25, -0.2) is 0 Å². The number of para-hydroxylation sites is 1. The van der Waals surface area contributed by atoms with Crippen LogP contribution in [0.5, 0.6) is 5.75 Å². The zero-order valence-corrected chi connectivity index (χ0v) is 15.8. The van der Waals surface area contributed by atoms with Gasteiger partial charge in [-0.3, -0.25) is 14.4 Å². The maximum atomic E-state index is 12.3. The second-order valence-corrected chi connectivity index (χ2v) is 6.47. The van der Waals surface area contributed by atoms with Gasteiger partial charge in [0.15, 0.2) is 17.3 Å². The number of ether oxygens (including phenoxy) is 1. The Morgan fingerprint density at radius 2 is 1.22 bits per heavy atom. The third-order valence-corrected chi connectivity index (χ3v) is 4.69. The molecule has 150 valence electrons. The summed E-state index contributed by atoms with van der Waals surface area (Å²) >= 11 is 0. The second-order valence-electron chi connectivity index (χ2n) is 6.47. The zero-order chi connectivity index (χ0) is 20.1. The van der Waals surface area contributed by atoms with E-state index in [1.165, 1.54) is 0 Å². The first-order valence-electron chi connectivity index (χ1n) is 9.40. The van der Waals surface area contributed by atoms with E-state index in [4.69, 9.17) is 21.9 Å². The van der Waals surface area contributed by atoms with Gasteiger partial charge in [-0.2, -0.15) is 0 Å². The van der Waals surface area contributed by atoms with E-state index in [0.717, 1.165) is 31.4 Å². The molecule has 0 aliphatic carbocycles. The first kappa shape index (κ1) is 23.0. The molecule has 0 bridgehead atoms. The van der Waals surface area contributed by atoms with Gasteiger partial charge >= 0.3 is 0 Å². The summed E-state index contributed by atoms with van der Waals surface area (Å²) in [5.74, 6) is -0.929. The van der Waals surface area contributed by atoms with E-state index < -0.39 is 22.8 Å². The van der Waals surface area contributed by atoms with Crippen molar-refractivity contribution in [2.24, 2.45) is 22.6 Å². The van der Waals surface area contributed by atoms with Crippen LogP contribution in [0.3, 0.4) is 0 Å². The van der Waals surface area contributed by atoms with Crippen molar-refractivity contribution in [1.29, 1.82) is 0 Å². The van der Waals surface area contributed by atoms with Crippen molar-refractivity contribution < 1.29 is 19.1 Å². The molecule has 1 aromatic rings. The Labute approximate surface area is 160 Å².